The van der Waals surface area contributed by atoms with Crippen LogP contribution in [0.25, 0.3) is 17.3 Å². The Labute approximate surface area is 170 Å². The van der Waals surface area contributed by atoms with Gasteiger partial charge in [-0.3, -0.25) is 4.90 Å². The molecule has 1 aliphatic heterocycles. The first-order chi connectivity index (χ1) is 13.3. The highest BCUT2D eigenvalue weighted by atomic mass is 35.5. The third kappa shape index (κ3) is 4.19. The topological polar surface area (TPSA) is 81.2 Å². The molecule has 2 aromatic heterocycles. The maximum absolute atomic E-state index is 5.88. The van der Waals surface area contributed by atoms with Gasteiger partial charge in [0.25, 0.3) is 5.89 Å². The molecule has 3 heterocycles. The fourth-order valence-electron chi connectivity index (χ4n) is 3.10. The number of ether oxygens (including phenoxy) is 1. The quantitative estimate of drug-likeness (QED) is 0.676. The molecular formula is C19H25ClN6O2. The number of halogens is 1. The van der Waals surface area contributed by atoms with E-state index in [0.29, 0.717) is 29.8 Å². The van der Waals surface area contributed by atoms with Gasteiger partial charge in [0.1, 0.15) is 0 Å². The maximum Gasteiger partial charge on any atom is 0.282 e. The molecule has 1 aromatic carbocycles. The van der Waals surface area contributed by atoms with Gasteiger partial charge >= 0.3 is 0 Å². The van der Waals surface area contributed by atoms with E-state index in [9.17, 15) is 0 Å². The number of likely N-dealkylation sites (N-methyl/N-ethyl adjacent to an activating group) is 1. The number of hydrogen-bond acceptors (Lipinski definition) is 7. The minimum Gasteiger partial charge on any atom is -0.489 e. The van der Waals surface area contributed by atoms with E-state index in [1.165, 1.54) is 0 Å². The van der Waals surface area contributed by atoms with E-state index in [1.54, 1.807) is 4.68 Å². The zero-order valence-corrected chi connectivity index (χ0v) is 16.9. The van der Waals surface area contributed by atoms with E-state index in [0.717, 1.165) is 31.7 Å². The molecule has 0 amide bonds. The monoisotopic (exact) mass is 404 g/mol. The van der Waals surface area contributed by atoms with E-state index in [1.807, 2.05) is 36.5 Å². The largest absolute Gasteiger partial charge is 0.489 e. The van der Waals surface area contributed by atoms with Crippen molar-refractivity contribution in [1.82, 2.24) is 30.1 Å². The first-order valence-electron chi connectivity index (χ1n) is 9.29. The zero-order valence-electron chi connectivity index (χ0n) is 16.0. The Balaban J connectivity index is 0.00000225. The minimum atomic E-state index is 0. The number of benzene rings is 1. The molecule has 1 aliphatic rings. The summed E-state index contributed by atoms with van der Waals surface area (Å²) in [5, 5.41) is 12.2. The molecular weight excluding hydrogens is 380 g/mol. The van der Waals surface area contributed by atoms with Crippen LogP contribution >= 0.6 is 12.4 Å². The predicted molar refractivity (Wildman–Crippen MR) is 108 cm³/mol. The van der Waals surface area contributed by atoms with Gasteiger partial charge < -0.3 is 14.6 Å². The summed E-state index contributed by atoms with van der Waals surface area (Å²) in [6, 6.07) is 9.98. The molecule has 0 radical (unpaired) electrons. The van der Waals surface area contributed by atoms with Gasteiger partial charge in [0.2, 0.25) is 0 Å². The van der Waals surface area contributed by atoms with Crippen molar-refractivity contribution in [2.45, 2.75) is 19.4 Å². The Hall–Kier alpha value is -2.42. The first kappa shape index (κ1) is 20.3. The van der Waals surface area contributed by atoms with Crippen molar-refractivity contribution in [3.8, 4) is 23.0 Å². The zero-order chi connectivity index (χ0) is 18.6. The van der Waals surface area contributed by atoms with Crippen molar-refractivity contribution in [1.29, 1.82) is 0 Å². The van der Waals surface area contributed by atoms with Gasteiger partial charge in [0, 0.05) is 19.6 Å². The molecule has 9 heteroatoms. The molecule has 150 valence electrons. The highest BCUT2D eigenvalue weighted by molar-refractivity contribution is 5.85. The summed E-state index contributed by atoms with van der Waals surface area (Å²) in [5.74, 6) is 1.69. The Morgan fingerprint density at radius 3 is 2.86 bits per heavy atom. The number of piperazine rings is 1. The van der Waals surface area contributed by atoms with Crippen LogP contribution in [0.5, 0.6) is 5.75 Å². The summed E-state index contributed by atoms with van der Waals surface area (Å²) < 4.78 is 13.2. The van der Waals surface area contributed by atoms with Gasteiger partial charge in [0.05, 0.1) is 24.5 Å². The summed E-state index contributed by atoms with van der Waals surface area (Å²) in [6.45, 7) is 5.38. The van der Waals surface area contributed by atoms with Crippen molar-refractivity contribution >= 4 is 12.4 Å². The third-order valence-electron chi connectivity index (χ3n) is 4.62. The van der Waals surface area contributed by atoms with E-state index in [-0.39, 0.29) is 18.4 Å². The number of nitrogens with zero attached hydrogens (tertiary/aromatic N) is 5. The number of para-hydroxylation sites is 1. The molecule has 1 saturated heterocycles. The Morgan fingerprint density at radius 1 is 1.29 bits per heavy atom. The Bertz CT molecular complexity index is 882. The van der Waals surface area contributed by atoms with Gasteiger partial charge in [0.15, 0.2) is 17.3 Å². The highest BCUT2D eigenvalue weighted by Gasteiger charge is 2.27. The third-order valence-corrected chi connectivity index (χ3v) is 4.62. The second-order valence-electron chi connectivity index (χ2n) is 6.63. The molecule has 1 fully saturated rings. The fraction of sp³-hybridized carbons (Fsp3) is 0.421. The van der Waals surface area contributed by atoms with Crippen molar-refractivity contribution in [3.05, 3.63) is 42.4 Å². The van der Waals surface area contributed by atoms with Crippen LogP contribution in [0.15, 0.2) is 41.1 Å². The van der Waals surface area contributed by atoms with Gasteiger partial charge in [-0.15, -0.1) is 12.4 Å². The molecule has 1 N–H and O–H groups in total. The van der Waals surface area contributed by atoms with Crippen LogP contribution in [-0.2, 0) is 0 Å². The molecule has 0 bridgehead atoms. The molecule has 0 saturated carbocycles. The minimum absolute atomic E-state index is 0. The average molecular weight is 405 g/mol. The van der Waals surface area contributed by atoms with Gasteiger partial charge in [-0.1, -0.05) is 30.3 Å². The molecule has 4 rings (SSSR count). The standard InChI is InChI=1S/C19H24N6O2.ClH/c1-3-11-26-16-13-25(14-7-5-4-6-8-14)22-17(16)19-21-18(23-27-19)15-12-20-9-10-24(15)2;/h4-8,13,15,20H,3,9-12H2,1-2H3;1H. The normalized spacial score (nSPS) is 17.3. The molecule has 3 aromatic rings. The lowest BCUT2D eigenvalue weighted by Gasteiger charge is -2.30. The van der Waals surface area contributed by atoms with Crippen LogP contribution < -0.4 is 10.1 Å². The lowest BCUT2D eigenvalue weighted by atomic mass is 10.2. The number of aromatic nitrogens is 4. The smallest absolute Gasteiger partial charge is 0.282 e. The van der Waals surface area contributed by atoms with Crippen molar-refractivity contribution in [2.75, 3.05) is 33.3 Å². The van der Waals surface area contributed by atoms with Crippen molar-refractivity contribution < 1.29 is 9.26 Å². The Morgan fingerprint density at radius 2 is 2.11 bits per heavy atom. The summed E-state index contributed by atoms with van der Waals surface area (Å²) in [5.41, 5.74) is 1.51. The fourth-order valence-corrected chi connectivity index (χ4v) is 3.10. The molecule has 0 aliphatic carbocycles. The van der Waals surface area contributed by atoms with Gasteiger partial charge in [-0.25, -0.2) is 4.68 Å². The van der Waals surface area contributed by atoms with E-state index >= 15 is 0 Å². The summed E-state index contributed by atoms with van der Waals surface area (Å²) in [4.78, 5) is 6.84. The van der Waals surface area contributed by atoms with Crippen molar-refractivity contribution in [2.24, 2.45) is 0 Å². The van der Waals surface area contributed by atoms with E-state index in [2.05, 4.69) is 39.4 Å². The highest BCUT2D eigenvalue weighted by Crippen LogP contribution is 2.30. The number of hydrogen-bond donors (Lipinski definition) is 1. The van der Waals surface area contributed by atoms with E-state index < -0.39 is 0 Å². The molecule has 28 heavy (non-hydrogen) atoms. The van der Waals surface area contributed by atoms with Crippen molar-refractivity contribution in [3.63, 3.8) is 0 Å². The first-order valence-corrected chi connectivity index (χ1v) is 9.29. The lowest BCUT2D eigenvalue weighted by molar-refractivity contribution is 0.190. The average Bonchev–Trinajstić information content (AvgIpc) is 3.34. The SMILES string of the molecule is CCCOc1cn(-c2ccccc2)nc1-c1nc(C2CNCCN2C)no1.Cl. The van der Waals surface area contributed by atoms with Crippen LogP contribution in [0.3, 0.4) is 0 Å². The molecule has 0 spiro atoms. The number of rotatable bonds is 6. The van der Waals surface area contributed by atoms with Crippen LogP contribution in [0.1, 0.15) is 25.2 Å². The predicted octanol–water partition coefficient (Wildman–Crippen LogP) is 2.71. The van der Waals surface area contributed by atoms with E-state index in [4.69, 9.17) is 9.26 Å². The van der Waals surface area contributed by atoms with Crippen LogP contribution in [-0.4, -0.2) is 58.1 Å². The van der Waals surface area contributed by atoms with Crippen LogP contribution in [0.4, 0.5) is 0 Å². The second kappa shape index (κ2) is 9.18. The maximum atomic E-state index is 5.88. The summed E-state index contributed by atoms with van der Waals surface area (Å²) in [7, 11) is 2.07. The molecule has 1 atom stereocenters. The molecule has 1 unspecified atom stereocenters. The number of nitrogens with one attached hydrogen (secondary N) is 1. The second-order valence-corrected chi connectivity index (χ2v) is 6.63. The lowest BCUT2D eigenvalue weighted by Crippen LogP contribution is -2.44. The van der Waals surface area contributed by atoms with Crippen LogP contribution in [0, 0.1) is 0 Å². The van der Waals surface area contributed by atoms with Gasteiger partial charge in [-0.05, 0) is 25.6 Å². The Kier molecular flexibility index (Phi) is 6.66. The van der Waals surface area contributed by atoms with Crippen LogP contribution in [0.2, 0.25) is 0 Å². The summed E-state index contributed by atoms with van der Waals surface area (Å²) in [6.07, 6.45) is 2.77. The summed E-state index contributed by atoms with van der Waals surface area (Å²) >= 11 is 0. The molecule has 8 nitrogen and oxygen atoms in total. The van der Waals surface area contributed by atoms with Gasteiger partial charge in [-0.2, -0.15) is 10.1 Å².